The van der Waals surface area contributed by atoms with Gasteiger partial charge in [-0.05, 0) is 56.2 Å². The van der Waals surface area contributed by atoms with Crippen molar-refractivity contribution in [3.05, 3.63) is 70.8 Å². The van der Waals surface area contributed by atoms with Crippen LogP contribution in [0.1, 0.15) is 16.7 Å². The van der Waals surface area contributed by atoms with Gasteiger partial charge in [0.15, 0.2) is 5.58 Å². The number of fused-ring (bicyclic) bond motifs is 1. The smallest absolute Gasteiger partial charge is 0.420 e. The Balaban J connectivity index is 1.63. The van der Waals surface area contributed by atoms with Gasteiger partial charge in [-0.2, -0.15) is 4.98 Å². The Bertz CT molecular complexity index is 1310. The minimum Gasteiger partial charge on any atom is -0.496 e. The summed E-state index contributed by atoms with van der Waals surface area (Å²) in [7, 11) is 5.35. The molecule has 0 amide bonds. The van der Waals surface area contributed by atoms with Crippen molar-refractivity contribution in [1.82, 2.24) is 14.5 Å². The van der Waals surface area contributed by atoms with E-state index in [2.05, 4.69) is 27.6 Å². The summed E-state index contributed by atoms with van der Waals surface area (Å²) in [5, 5.41) is 6.50. The second-order valence-corrected chi connectivity index (χ2v) is 7.07. The number of aryl methyl sites for hydroxylation is 2. The zero-order valence-electron chi connectivity index (χ0n) is 17.2. The van der Waals surface area contributed by atoms with Gasteiger partial charge in [0.25, 0.3) is 0 Å². The number of nitrogens with one attached hydrogen (secondary N) is 2. The summed E-state index contributed by atoms with van der Waals surface area (Å²) in [5.41, 5.74) is 5.73. The summed E-state index contributed by atoms with van der Waals surface area (Å²) >= 11 is 0. The van der Waals surface area contributed by atoms with E-state index in [0.29, 0.717) is 22.9 Å². The van der Waals surface area contributed by atoms with Gasteiger partial charge in [0, 0.05) is 36.2 Å². The molecule has 8 nitrogen and oxygen atoms in total. The molecule has 4 rings (SSSR count). The van der Waals surface area contributed by atoms with Gasteiger partial charge in [0.05, 0.1) is 12.6 Å². The number of benzene rings is 2. The van der Waals surface area contributed by atoms with Gasteiger partial charge in [-0.15, -0.1) is 0 Å². The van der Waals surface area contributed by atoms with Crippen LogP contribution in [0.25, 0.3) is 11.1 Å². The lowest BCUT2D eigenvalue weighted by atomic mass is 10.1. The van der Waals surface area contributed by atoms with E-state index in [1.54, 1.807) is 25.4 Å². The van der Waals surface area contributed by atoms with Crippen molar-refractivity contribution in [3.63, 3.8) is 0 Å². The van der Waals surface area contributed by atoms with E-state index in [4.69, 9.17) is 9.15 Å². The third-order valence-corrected chi connectivity index (χ3v) is 5.00. The third kappa shape index (κ3) is 3.59. The van der Waals surface area contributed by atoms with Crippen molar-refractivity contribution in [1.29, 1.82) is 0 Å². The second kappa shape index (κ2) is 7.55. The van der Waals surface area contributed by atoms with E-state index in [1.807, 2.05) is 39.0 Å². The zero-order chi connectivity index (χ0) is 21.4. The van der Waals surface area contributed by atoms with Gasteiger partial charge in [-0.1, -0.05) is 0 Å². The summed E-state index contributed by atoms with van der Waals surface area (Å²) in [6, 6.07) is 9.26. The summed E-state index contributed by atoms with van der Waals surface area (Å²) < 4.78 is 11.8. The molecule has 0 spiro atoms. The lowest BCUT2D eigenvalue weighted by Gasteiger charge is -2.14. The monoisotopic (exact) mass is 404 g/mol. The Morgan fingerprint density at radius 1 is 1.07 bits per heavy atom. The summed E-state index contributed by atoms with van der Waals surface area (Å²) in [6.45, 7) is 5.96. The number of nitrogens with zero attached hydrogens (tertiary/aromatic N) is 3. The Morgan fingerprint density at radius 3 is 2.63 bits per heavy atom. The summed E-state index contributed by atoms with van der Waals surface area (Å²) in [5.74, 6) is 1.39. The second-order valence-electron chi connectivity index (χ2n) is 7.07. The highest BCUT2D eigenvalue weighted by Crippen LogP contribution is 2.28. The molecule has 0 aliphatic rings. The number of hydrogen-bond donors (Lipinski definition) is 2. The van der Waals surface area contributed by atoms with Crippen molar-refractivity contribution < 1.29 is 9.15 Å². The first kappa shape index (κ1) is 19.5. The van der Waals surface area contributed by atoms with Crippen LogP contribution in [0.4, 0.5) is 23.1 Å². The van der Waals surface area contributed by atoms with E-state index >= 15 is 0 Å². The van der Waals surface area contributed by atoms with Crippen LogP contribution >= 0.6 is 0 Å². The van der Waals surface area contributed by atoms with Crippen molar-refractivity contribution in [2.75, 3.05) is 17.7 Å². The van der Waals surface area contributed by atoms with E-state index in [-0.39, 0.29) is 0 Å². The van der Waals surface area contributed by atoms with Gasteiger partial charge in [0.1, 0.15) is 11.6 Å². The molecule has 2 aromatic carbocycles. The van der Waals surface area contributed by atoms with E-state index in [9.17, 15) is 4.79 Å². The molecule has 0 bridgehead atoms. The lowest BCUT2D eigenvalue weighted by Crippen LogP contribution is -2.06. The van der Waals surface area contributed by atoms with Crippen LogP contribution in [0.3, 0.4) is 0 Å². The molecule has 0 fully saturated rings. The van der Waals surface area contributed by atoms with Crippen LogP contribution in [-0.2, 0) is 0 Å². The summed E-state index contributed by atoms with van der Waals surface area (Å²) in [6.07, 6.45) is 1.74. The zero-order valence-corrected chi connectivity index (χ0v) is 17.2. The first-order valence-electron chi connectivity index (χ1n) is 9.35. The van der Waals surface area contributed by atoms with Crippen LogP contribution in [0.5, 0.6) is 5.75 Å². The number of hydrogen-bond acceptors (Lipinski definition) is 7. The molecule has 0 aliphatic carbocycles. The highest BCUT2D eigenvalue weighted by Gasteiger charge is 2.10. The third-order valence-electron chi connectivity index (χ3n) is 5.00. The average molecular weight is 404 g/mol. The first-order valence-corrected chi connectivity index (χ1v) is 9.35. The molecule has 0 saturated heterocycles. The minimum atomic E-state index is -0.504. The molecule has 2 N–H and O–H groups in total. The quantitative estimate of drug-likeness (QED) is 0.508. The molecule has 153 valence electrons. The molecule has 2 aromatic heterocycles. The lowest BCUT2D eigenvalue weighted by molar-refractivity contribution is 0.411. The van der Waals surface area contributed by atoms with Gasteiger partial charge in [0.2, 0.25) is 5.95 Å². The molecule has 4 aromatic rings. The number of rotatable bonds is 5. The molecular formula is C22H22N5O3. The molecular weight excluding hydrogens is 382 g/mol. The fraction of sp³-hybridized carbons (Fsp3) is 0.182. The van der Waals surface area contributed by atoms with Gasteiger partial charge in [-0.3, -0.25) is 4.57 Å². The first-order chi connectivity index (χ1) is 14.4. The SMILES string of the molecule is [CH2]n1c(=O)oc2ccc(Nc3nc(Nc4cc(C)c(C)c(OC)c4)ncc3C)cc21. The number of oxazole rings is 1. The van der Waals surface area contributed by atoms with E-state index < -0.39 is 5.76 Å². The molecule has 0 unspecified atom stereocenters. The minimum absolute atomic E-state index is 0.451. The number of ether oxygens (including phenoxy) is 1. The largest absolute Gasteiger partial charge is 0.496 e. The van der Waals surface area contributed by atoms with Crippen LogP contribution in [-0.4, -0.2) is 21.6 Å². The Morgan fingerprint density at radius 2 is 1.87 bits per heavy atom. The molecule has 0 atom stereocenters. The van der Waals surface area contributed by atoms with Crippen molar-refractivity contribution in [3.8, 4) is 5.75 Å². The predicted molar refractivity (Wildman–Crippen MR) is 117 cm³/mol. The maximum absolute atomic E-state index is 11.6. The number of methoxy groups -OCH3 is 1. The van der Waals surface area contributed by atoms with Gasteiger partial charge in [-0.25, -0.2) is 9.78 Å². The van der Waals surface area contributed by atoms with E-state index in [0.717, 1.165) is 33.8 Å². The average Bonchev–Trinajstić information content (AvgIpc) is 3.01. The molecule has 2 heterocycles. The maximum atomic E-state index is 11.6. The van der Waals surface area contributed by atoms with Crippen molar-refractivity contribution >= 4 is 34.2 Å². The Labute approximate surface area is 173 Å². The molecule has 8 heteroatoms. The fourth-order valence-electron chi connectivity index (χ4n) is 3.15. The van der Waals surface area contributed by atoms with Crippen LogP contribution in [0.2, 0.25) is 0 Å². The highest BCUT2D eigenvalue weighted by molar-refractivity contribution is 5.79. The van der Waals surface area contributed by atoms with Crippen LogP contribution in [0, 0.1) is 27.8 Å². The van der Waals surface area contributed by atoms with E-state index in [1.165, 1.54) is 4.57 Å². The normalized spacial score (nSPS) is 11.0. The summed E-state index contributed by atoms with van der Waals surface area (Å²) in [4.78, 5) is 20.6. The van der Waals surface area contributed by atoms with Crippen molar-refractivity contribution in [2.45, 2.75) is 20.8 Å². The predicted octanol–water partition coefficient (Wildman–Crippen LogP) is 4.45. The molecule has 1 radical (unpaired) electrons. The molecule has 0 saturated carbocycles. The maximum Gasteiger partial charge on any atom is 0.420 e. The molecule has 0 aliphatic heterocycles. The fourth-order valence-corrected chi connectivity index (χ4v) is 3.15. The number of aromatic nitrogens is 3. The standard InChI is InChI=1S/C22H22N5O3/c1-12-8-16(10-19(29-5)14(12)3)25-21-23-11-13(2)20(26-21)24-15-6-7-18-17(9-15)27(4)22(28)30-18/h6-11H,4H2,1-3,5H3,(H2,23,24,25,26). The van der Waals surface area contributed by atoms with Crippen LogP contribution in [0.15, 0.2) is 45.7 Å². The Hall–Kier alpha value is -3.81. The van der Waals surface area contributed by atoms with Crippen LogP contribution < -0.4 is 21.1 Å². The van der Waals surface area contributed by atoms with Gasteiger partial charge >= 0.3 is 5.76 Å². The van der Waals surface area contributed by atoms with Gasteiger partial charge < -0.3 is 19.8 Å². The highest BCUT2D eigenvalue weighted by atomic mass is 16.5. The van der Waals surface area contributed by atoms with Crippen molar-refractivity contribution in [2.24, 2.45) is 0 Å². The Kier molecular flexibility index (Phi) is 4.91. The number of anilines is 4. The molecule has 30 heavy (non-hydrogen) atoms. The topological polar surface area (TPSA) is 94.2 Å².